The van der Waals surface area contributed by atoms with Gasteiger partial charge in [-0.2, -0.15) is 0 Å². The molecule has 0 radical (unpaired) electrons. The lowest BCUT2D eigenvalue weighted by molar-refractivity contribution is -0.0418. The normalized spacial score (nSPS) is 12.3. The van der Waals surface area contributed by atoms with Crippen LogP contribution < -0.4 is 0 Å². The molecule has 0 aliphatic rings. The van der Waals surface area contributed by atoms with Crippen LogP contribution in [0.15, 0.2) is 0 Å². The van der Waals surface area contributed by atoms with Gasteiger partial charge in [0.1, 0.15) is 0 Å². The molecule has 0 rings (SSSR count). The molecule has 0 saturated heterocycles. The van der Waals surface area contributed by atoms with Crippen molar-refractivity contribution in [3.05, 3.63) is 0 Å². The molecule has 0 aliphatic carbocycles. The Hall–Kier alpha value is -0.120. The van der Waals surface area contributed by atoms with E-state index in [0.717, 1.165) is 37.9 Å². The van der Waals surface area contributed by atoms with Gasteiger partial charge in [-0.1, -0.05) is 202 Å². The Balaban J connectivity index is 3.38. The highest BCUT2D eigenvalue weighted by molar-refractivity contribution is 4.72. The van der Waals surface area contributed by atoms with Gasteiger partial charge < -0.3 is 14.6 Å². The smallest absolute Gasteiger partial charge is 0.0563 e. The standard InChI is InChI=1S/C41H84O3/c1-39(2)32-28-24-20-16-12-8-6-10-14-18-22-26-30-34-43-37-41(5,36-42)38-44-35-31-27-23-19-15-11-7-9-13-17-21-25-29-33-40(3)4/h39-40,42H,6-38H2,1-5H3. The van der Waals surface area contributed by atoms with E-state index in [2.05, 4.69) is 34.6 Å². The monoisotopic (exact) mass is 625 g/mol. The van der Waals surface area contributed by atoms with Crippen molar-refractivity contribution in [1.29, 1.82) is 0 Å². The summed E-state index contributed by atoms with van der Waals surface area (Å²) in [5.41, 5.74) is -0.276. The maximum atomic E-state index is 9.91. The minimum atomic E-state index is -0.276. The zero-order valence-corrected chi connectivity index (χ0v) is 31.3. The largest absolute Gasteiger partial charge is 0.396 e. The molecule has 0 spiro atoms. The maximum absolute atomic E-state index is 9.91. The van der Waals surface area contributed by atoms with Crippen molar-refractivity contribution in [2.45, 2.75) is 214 Å². The van der Waals surface area contributed by atoms with Crippen LogP contribution in [0.3, 0.4) is 0 Å². The number of rotatable bonds is 37. The summed E-state index contributed by atoms with van der Waals surface area (Å²) in [6.07, 6.45) is 38.8. The Bertz CT molecular complexity index is 490. The van der Waals surface area contributed by atoms with E-state index in [0.29, 0.717) is 13.2 Å². The topological polar surface area (TPSA) is 38.7 Å². The van der Waals surface area contributed by atoms with E-state index in [1.165, 1.54) is 167 Å². The third-order valence-corrected chi connectivity index (χ3v) is 9.42. The van der Waals surface area contributed by atoms with Gasteiger partial charge in [0.05, 0.1) is 19.8 Å². The molecule has 44 heavy (non-hydrogen) atoms. The molecule has 3 nitrogen and oxygen atoms in total. The second kappa shape index (κ2) is 34.2. The van der Waals surface area contributed by atoms with Gasteiger partial charge in [0.15, 0.2) is 0 Å². The van der Waals surface area contributed by atoms with E-state index in [1.807, 2.05) is 0 Å². The van der Waals surface area contributed by atoms with Crippen LogP contribution >= 0.6 is 0 Å². The summed E-state index contributed by atoms with van der Waals surface area (Å²) in [7, 11) is 0. The average Bonchev–Trinajstić information content (AvgIpc) is 3.00. The van der Waals surface area contributed by atoms with Crippen molar-refractivity contribution in [3.63, 3.8) is 0 Å². The molecule has 0 aromatic rings. The van der Waals surface area contributed by atoms with Gasteiger partial charge in [-0.25, -0.2) is 0 Å². The maximum Gasteiger partial charge on any atom is 0.0563 e. The molecule has 0 aromatic heterocycles. The molecule has 0 unspecified atom stereocenters. The van der Waals surface area contributed by atoms with E-state index in [4.69, 9.17) is 9.47 Å². The fraction of sp³-hybridized carbons (Fsp3) is 1.00. The SMILES string of the molecule is CC(C)CCCCCCCCCCCCCCCOCC(C)(CO)COCCCCCCCCCCCCCCCC(C)C. The number of aliphatic hydroxyl groups is 1. The van der Waals surface area contributed by atoms with Crippen molar-refractivity contribution >= 4 is 0 Å². The lowest BCUT2D eigenvalue weighted by atomic mass is 9.94. The van der Waals surface area contributed by atoms with Crippen molar-refractivity contribution in [2.24, 2.45) is 17.3 Å². The minimum Gasteiger partial charge on any atom is -0.396 e. The van der Waals surface area contributed by atoms with Gasteiger partial charge in [-0.05, 0) is 24.7 Å². The first-order valence-corrected chi connectivity index (χ1v) is 20.2. The molecule has 266 valence electrons. The van der Waals surface area contributed by atoms with Crippen LogP contribution in [-0.2, 0) is 9.47 Å². The van der Waals surface area contributed by atoms with E-state index in [9.17, 15) is 5.11 Å². The predicted molar refractivity (Wildman–Crippen MR) is 196 cm³/mol. The van der Waals surface area contributed by atoms with E-state index in [1.54, 1.807) is 0 Å². The van der Waals surface area contributed by atoms with E-state index in [-0.39, 0.29) is 12.0 Å². The van der Waals surface area contributed by atoms with Crippen molar-refractivity contribution in [1.82, 2.24) is 0 Å². The van der Waals surface area contributed by atoms with Crippen LogP contribution in [0.2, 0.25) is 0 Å². The molecule has 0 atom stereocenters. The highest BCUT2D eigenvalue weighted by Crippen LogP contribution is 2.19. The summed E-state index contributed by atoms with van der Waals surface area (Å²) in [5.74, 6) is 1.75. The van der Waals surface area contributed by atoms with Crippen LogP contribution in [0.4, 0.5) is 0 Å². The number of hydrogen-bond acceptors (Lipinski definition) is 3. The van der Waals surface area contributed by atoms with E-state index < -0.39 is 0 Å². The third kappa shape index (κ3) is 34.7. The summed E-state index contributed by atoms with van der Waals surface area (Å²) < 4.78 is 11.9. The molecule has 3 heteroatoms. The van der Waals surface area contributed by atoms with Crippen molar-refractivity contribution < 1.29 is 14.6 Å². The highest BCUT2D eigenvalue weighted by Gasteiger charge is 2.24. The molecule has 0 bridgehead atoms. The summed E-state index contributed by atoms with van der Waals surface area (Å²) >= 11 is 0. The van der Waals surface area contributed by atoms with Crippen LogP contribution in [0.1, 0.15) is 214 Å². The molecule has 0 aromatic carbocycles. The number of hydrogen-bond donors (Lipinski definition) is 1. The fourth-order valence-electron chi connectivity index (χ4n) is 6.17. The Kier molecular flexibility index (Phi) is 34.1. The minimum absolute atomic E-state index is 0.128. The average molecular weight is 625 g/mol. The molecular formula is C41H84O3. The van der Waals surface area contributed by atoms with Gasteiger partial charge in [0.2, 0.25) is 0 Å². The molecular weight excluding hydrogens is 540 g/mol. The molecule has 0 heterocycles. The Labute approximate surface area is 278 Å². The quantitative estimate of drug-likeness (QED) is 0.0699. The molecule has 0 saturated carbocycles. The summed E-state index contributed by atoms with van der Waals surface area (Å²) in [6, 6.07) is 0. The van der Waals surface area contributed by atoms with Crippen molar-refractivity contribution in [2.75, 3.05) is 33.0 Å². The molecule has 0 fully saturated rings. The Morgan fingerprint density at radius 2 is 0.614 bits per heavy atom. The first kappa shape index (κ1) is 43.9. The predicted octanol–water partition coefficient (Wildman–Crippen LogP) is 13.3. The van der Waals surface area contributed by atoms with Gasteiger partial charge in [0.25, 0.3) is 0 Å². The van der Waals surface area contributed by atoms with Crippen molar-refractivity contribution in [3.8, 4) is 0 Å². The zero-order valence-electron chi connectivity index (χ0n) is 31.3. The van der Waals surface area contributed by atoms with Crippen LogP contribution in [0.25, 0.3) is 0 Å². The fourth-order valence-corrected chi connectivity index (χ4v) is 6.17. The summed E-state index contributed by atoms with van der Waals surface area (Å²) in [4.78, 5) is 0. The third-order valence-electron chi connectivity index (χ3n) is 9.42. The highest BCUT2D eigenvalue weighted by atomic mass is 16.5. The van der Waals surface area contributed by atoms with Gasteiger partial charge in [-0.3, -0.25) is 0 Å². The van der Waals surface area contributed by atoms with Crippen LogP contribution in [0.5, 0.6) is 0 Å². The Morgan fingerprint density at radius 3 is 0.841 bits per heavy atom. The summed E-state index contributed by atoms with van der Waals surface area (Å²) in [6.45, 7) is 14.4. The lowest BCUT2D eigenvalue weighted by Gasteiger charge is -2.26. The first-order valence-electron chi connectivity index (χ1n) is 20.2. The zero-order chi connectivity index (χ0) is 32.4. The van der Waals surface area contributed by atoms with Crippen LogP contribution in [-0.4, -0.2) is 38.1 Å². The molecule has 0 aliphatic heterocycles. The van der Waals surface area contributed by atoms with Gasteiger partial charge >= 0.3 is 0 Å². The molecule has 0 amide bonds. The first-order chi connectivity index (χ1) is 21.4. The Morgan fingerprint density at radius 1 is 0.386 bits per heavy atom. The second-order valence-electron chi connectivity index (χ2n) is 15.6. The van der Waals surface area contributed by atoms with Gasteiger partial charge in [-0.15, -0.1) is 0 Å². The summed E-state index contributed by atoms with van der Waals surface area (Å²) in [5, 5.41) is 9.91. The van der Waals surface area contributed by atoms with E-state index >= 15 is 0 Å². The van der Waals surface area contributed by atoms with Crippen LogP contribution in [0, 0.1) is 17.3 Å². The molecule has 1 N–H and O–H groups in total. The van der Waals surface area contributed by atoms with Gasteiger partial charge in [0, 0.05) is 18.6 Å². The number of aliphatic hydroxyl groups excluding tert-OH is 1. The number of unbranched alkanes of at least 4 members (excludes halogenated alkanes) is 24. The number of ether oxygens (including phenoxy) is 2. The lowest BCUT2D eigenvalue weighted by Crippen LogP contribution is -2.33. The second-order valence-corrected chi connectivity index (χ2v) is 15.6.